The van der Waals surface area contributed by atoms with Crippen LogP contribution in [0.4, 0.5) is 0 Å². The van der Waals surface area contributed by atoms with E-state index >= 15 is 0 Å². The molecular formula is C48H33N5. The van der Waals surface area contributed by atoms with E-state index < -0.39 is 0 Å². The highest BCUT2D eigenvalue weighted by molar-refractivity contribution is 6.11. The third-order valence-corrected chi connectivity index (χ3v) is 11.2. The SMILES string of the molecule is N#Cc1cc(C2=CC(n3c4c(c5ccccc53)C=CCC4)NC=C2)c(-n2c3ccccc3c3ccccc32)cc1-n1c2ccccc2c2ccccc21. The Hall–Kier alpha value is -7.03. The van der Waals surface area contributed by atoms with E-state index in [1.807, 2.05) is 0 Å². The number of hydrogen-bond donors (Lipinski definition) is 1. The molecular weight excluding hydrogens is 647 g/mol. The largest absolute Gasteiger partial charge is 0.368 e. The molecule has 3 aromatic heterocycles. The van der Waals surface area contributed by atoms with Gasteiger partial charge in [0.1, 0.15) is 12.2 Å². The lowest BCUT2D eigenvalue weighted by atomic mass is 9.96. The van der Waals surface area contributed by atoms with Crippen molar-refractivity contribution >= 4 is 66.2 Å². The fourth-order valence-electron chi connectivity index (χ4n) is 8.99. The van der Waals surface area contributed by atoms with Crippen molar-refractivity contribution in [1.82, 2.24) is 19.0 Å². The zero-order valence-electron chi connectivity index (χ0n) is 28.9. The predicted octanol–water partition coefficient (Wildman–Crippen LogP) is 11.4. The molecule has 0 saturated heterocycles. The minimum atomic E-state index is -0.108. The van der Waals surface area contributed by atoms with Gasteiger partial charge in [0, 0.05) is 43.8 Å². The van der Waals surface area contributed by atoms with E-state index in [1.165, 1.54) is 43.7 Å². The number of hydrogen-bond acceptors (Lipinski definition) is 2. The molecule has 9 aromatic rings. The van der Waals surface area contributed by atoms with Crippen LogP contribution in [0.1, 0.15) is 35.0 Å². The van der Waals surface area contributed by atoms with E-state index in [0.717, 1.165) is 57.4 Å². The molecule has 250 valence electrons. The van der Waals surface area contributed by atoms with Gasteiger partial charge in [-0.25, -0.2) is 0 Å². The van der Waals surface area contributed by atoms with Crippen molar-refractivity contribution < 1.29 is 0 Å². The minimum Gasteiger partial charge on any atom is -0.368 e. The molecule has 5 nitrogen and oxygen atoms in total. The summed E-state index contributed by atoms with van der Waals surface area (Å²) >= 11 is 0. The van der Waals surface area contributed by atoms with Crippen LogP contribution in [-0.4, -0.2) is 13.7 Å². The fourth-order valence-corrected chi connectivity index (χ4v) is 8.99. The quantitative estimate of drug-likeness (QED) is 0.201. The normalized spacial score (nSPS) is 15.3. The van der Waals surface area contributed by atoms with Crippen LogP contribution in [0.25, 0.3) is 77.5 Å². The number of nitrogens with zero attached hydrogens (tertiary/aromatic N) is 4. The third-order valence-electron chi connectivity index (χ3n) is 11.2. The highest BCUT2D eigenvalue weighted by Gasteiger charge is 2.26. The number of aromatic nitrogens is 3. The molecule has 11 rings (SSSR count). The summed E-state index contributed by atoms with van der Waals surface area (Å²) in [5, 5.41) is 20.7. The standard InChI is InChI=1S/C48H33N5/c49-30-32-27-39(31-25-26-50-48(28-31)53-44-23-11-5-17-37(44)38-18-6-12-24-45(38)53)47(52-42-21-9-3-15-35(42)36-16-4-10-22-43(36)52)29-46(32)51-40-19-7-1-13-33(40)34-14-2-8-20-41(34)51/h1-11,13-23,25-29,48,50H,12,24H2. The lowest BCUT2D eigenvalue weighted by molar-refractivity contribution is 0.543. The first-order valence-electron chi connectivity index (χ1n) is 18.3. The van der Waals surface area contributed by atoms with E-state index in [-0.39, 0.29) is 6.17 Å². The summed E-state index contributed by atoms with van der Waals surface area (Å²) in [6.45, 7) is 0. The van der Waals surface area contributed by atoms with Crippen LogP contribution in [0.15, 0.2) is 158 Å². The smallest absolute Gasteiger partial charge is 0.123 e. The van der Waals surface area contributed by atoms with E-state index in [4.69, 9.17) is 0 Å². The van der Waals surface area contributed by atoms with Crippen LogP contribution in [-0.2, 0) is 6.42 Å². The van der Waals surface area contributed by atoms with E-state index in [9.17, 15) is 5.26 Å². The van der Waals surface area contributed by atoms with Crippen LogP contribution in [0, 0.1) is 11.3 Å². The highest BCUT2D eigenvalue weighted by Crippen LogP contribution is 2.41. The van der Waals surface area contributed by atoms with Gasteiger partial charge in [0.2, 0.25) is 0 Å². The molecule has 2 aliphatic rings. The second-order valence-corrected chi connectivity index (χ2v) is 14.0. The van der Waals surface area contributed by atoms with Crippen molar-refractivity contribution in [2.45, 2.75) is 19.0 Å². The summed E-state index contributed by atoms with van der Waals surface area (Å²) in [6.07, 6.45) is 13.0. The van der Waals surface area contributed by atoms with Gasteiger partial charge in [-0.1, -0.05) is 103 Å². The predicted molar refractivity (Wildman–Crippen MR) is 218 cm³/mol. The van der Waals surface area contributed by atoms with E-state index in [1.54, 1.807) is 0 Å². The molecule has 1 atom stereocenters. The minimum absolute atomic E-state index is 0.108. The summed E-state index contributed by atoms with van der Waals surface area (Å²) in [4.78, 5) is 0. The molecule has 1 unspecified atom stereocenters. The number of allylic oxidation sites excluding steroid dienone is 3. The molecule has 0 radical (unpaired) electrons. The first-order chi connectivity index (χ1) is 26.3. The molecule has 0 amide bonds. The molecule has 0 bridgehead atoms. The molecule has 5 heteroatoms. The Bertz CT molecular complexity index is 3010. The Kier molecular flexibility index (Phi) is 6.44. The third kappa shape index (κ3) is 4.30. The number of nitrogens with one attached hydrogen (secondary N) is 1. The Labute approximate surface area is 306 Å². The number of rotatable bonds is 4. The maximum atomic E-state index is 11.0. The first-order valence-corrected chi connectivity index (χ1v) is 18.3. The molecule has 1 aliphatic carbocycles. The van der Waals surface area contributed by atoms with Crippen molar-refractivity contribution in [3.05, 3.63) is 180 Å². The average Bonchev–Trinajstić information content (AvgIpc) is 3.86. The number of dihydropyridines is 1. The van der Waals surface area contributed by atoms with Crippen molar-refractivity contribution in [1.29, 1.82) is 5.26 Å². The van der Waals surface area contributed by atoms with Crippen LogP contribution >= 0.6 is 0 Å². The molecule has 53 heavy (non-hydrogen) atoms. The summed E-state index contributed by atoms with van der Waals surface area (Å²) in [6, 6.07) is 50.0. The molecule has 0 saturated carbocycles. The Balaban J connectivity index is 1.22. The van der Waals surface area contributed by atoms with Crippen LogP contribution < -0.4 is 5.32 Å². The second kappa shape index (κ2) is 11.5. The zero-order chi connectivity index (χ0) is 35.0. The molecule has 4 heterocycles. The zero-order valence-corrected chi connectivity index (χ0v) is 28.9. The first kappa shape index (κ1) is 29.7. The Morgan fingerprint density at radius 2 is 1.11 bits per heavy atom. The maximum absolute atomic E-state index is 11.0. The number of nitriles is 1. The lowest BCUT2D eigenvalue weighted by Crippen LogP contribution is -2.25. The number of benzene rings is 6. The van der Waals surface area contributed by atoms with Gasteiger partial charge in [-0.15, -0.1) is 0 Å². The van der Waals surface area contributed by atoms with Gasteiger partial charge >= 0.3 is 0 Å². The van der Waals surface area contributed by atoms with Gasteiger partial charge in [0.15, 0.2) is 0 Å². The van der Waals surface area contributed by atoms with Crippen LogP contribution in [0.2, 0.25) is 0 Å². The fraction of sp³-hybridized carbons (Fsp3) is 0.0625. The molecule has 1 N–H and O–H groups in total. The highest BCUT2D eigenvalue weighted by atomic mass is 15.2. The van der Waals surface area contributed by atoms with Gasteiger partial charge in [-0.3, -0.25) is 0 Å². The number of para-hydroxylation sites is 5. The molecule has 0 spiro atoms. The molecule has 1 aliphatic heterocycles. The molecule has 6 aromatic carbocycles. The van der Waals surface area contributed by atoms with E-state index in [2.05, 4.69) is 189 Å². The average molecular weight is 680 g/mol. The maximum Gasteiger partial charge on any atom is 0.123 e. The van der Waals surface area contributed by atoms with Gasteiger partial charge in [-0.05, 0) is 79.2 Å². The van der Waals surface area contributed by atoms with Gasteiger partial charge < -0.3 is 19.0 Å². The Morgan fingerprint density at radius 1 is 0.585 bits per heavy atom. The van der Waals surface area contributed by atoms with E-state index in [0.29, 0.717) is 5.56 Å². The Morgan fingerprint density at radius 3 is 1.70 bits per heavy atom. The van der Waals surface area contributed by atoms with Gasteiger partial charge in [-0.2, -0.15) is 5.26 Å². The second-order valence-electron chi connectivity index (χ2n) is 14.0. The van der Waals surface area contributed by atoms with Crippen molar-refractivity contribution in [3.8, 4) is 17.4 Å². The van der Waals surface area contributed by atoms with Crippen LogP contribution in [0.5, 0.6) is 0 Å². The van der Waals surface area contributed by atoms with Gasteiger partial charge in [0.05, 0.1) is 44.5 Å². The summed E-state index contributed by atoms with van der Waals surface area (Å²) < 4.78 is 7.13. The van der Waals surface area contributed by atoms with Gasteiger partial charge in [0.25, 0.3) is 0 Å². The summed E-state index contributed by atoms with van der Waals surface area (Å²) in [5.74, 6) is 0. The van der Waals surface area contributed by atoms with Crippen LogP contribution in [0.3, 0.4) is 0 Å². The number of fused-ring (bicyclic) bond motifs is 9. The summed E-state index contributed by atoms with van der Waals surface area (Å²) in [7, 11) is 0. The topological polar surface area (TPSA) is 50.6 Å². The summed E-state index contributed by atoms with van der Waals surface area (Å²) in [5.41, 5.74) is 12.8. The lowest BCUT2D eigenvalue weighted by Gasteiger charge is -2.26. The van der Waals surface area contributed by atoms with Crippen molar-refractivity contribution in [2.75, 3.05) is 0 Å². The molecule has 0 fully saturated rings. The van der Waals surface area contributed by atoms with Crippen molar-refractivity contribution in [3.63, 3.8) is 0 Å². The monoisotopic (exact) mass is 679 g/mol. The van der Waals surface area contributed by atoms with Crippen molar-refractivity contribution in [2.24, 2.45) is 0 Å².